The van der Waals surface area contributed by atoms with E-state index < -0.39 is 11.6 Å². The zero-order valence-corrected chi connectivity index (χ0v) is 12.1. The number of rotatable bonds is 4. The fraction of sp³-hybridized carbons (Fsp3) is 0.375. The first kappa shape index (κ1) is 14.7. The molecule has 3 rings (SSSR count). The number of para-hydroxylation sites is 1. The van der Waals surface area contributed by atoms with Gasteiger partial charge in [0.15, 0.2) is 0 Å². The molecule has 0 bridgehead atoms. The third-order valence-electron chi connectivity index (χ3n) is 3.61. The molecule has 0 amide bonds. The van der Waals surface area contributed by atoms with Crippen molar-refractivity contribution in [2.24, 2.45) is 0 Å². The van der Waals surface area contributed by atoms with Gasteiger partial charge in [0, 0.05) is 25.0 Å². The maximum Gasteiger partial charge on any atom is 0.351 e. The zero-order valence-electron chi connectivity index (χ0n) is 12.1. The Morgan fingerprint density at radius 1 is 1.23 bits per heavy atom. The van der Waals surface area contributed by atoms with Crippen molar-refractivity contribution < 1.29 is 18.7 Å². The molecule has 0 atom stereocenters. The van der Waals surface area contributed by atoms with Crippen molar-refractivity contribution in [2.75, 3.05) is 39.5 Å². The number of hydrogen-bond donors (Lipinski definition) is 0. The Hall–Kier alpha value is -2.18. The van der Waals surface area contributed by atoms with E-state index in [0.717, 1.165) is 13.1 Å². The molecule has 0 aliphatic carbocycles. The van der Waals surface area contributed by atoms with Gasteiger partial charge in [0.05, 0.1) is 13.2 Å². The fourth-order valence-electron chi connectivity index (χ4n) is 2.37. The highest BCUT2D eigenvalue weighted by Crippen LogP contribution is 2.13. The standard InChI is InChI=1S/C16H17NO5/c18-15(21-10-7-17-5-8-20-9-6-17)13-11-12-3-1-2-4-14(12)22-16(13)19/h1-4,11H,5-10H2. The van der Waals surface area contributed by atoms with E-state index in [-0.39, 0.29) is 12.2 Å². The Kier molecular flexibility index (Phi) is 4.50. The summed E-state index contributed by atoms with van der Waals surface area (Å²) in [6, 6.07) is 8.56. The van der Waals surface area contributed by atoms with Crippen molar-refractivity contribution in [3.63, 3.8) is 0 Å². The Labute approximate surface area is 127 Å². The van der Waals surface area contributed by atoms with E-state index in [1.807, 2.05) is 6.07 Å². The second-order valence-electron chi connectivity index (χ2n) is 5.08. The van der Waals surface area contributed by atoms with Crippen LogP contribution in [0, 0.1) is 0 Å². The first-order valence-corrected chi connectivity index (χ1v) is 7.24. The van der Waals surface area contributed by atoms with Crippen LogP contribution in [0.3, 0.4) is 0 Å². The fourth-order valence-corrected chi connectivity index (χ4v) is 2.37. The summed E-state index contributed by atoms with van der Waals surface area (Å²) in [5.41, 5.74) is -0.284. The van der Waals surface area contributed by atoms with Gasteiger partial charge in [-0.05, 0) is 12.1 Å². The van der Waals surface area contributed by atoms with Gasteiger partial charge in [0.25, 0.3) is 0 Å². The van der Waals surface area contributed by atoms with Crippen molar-refractivity contribution in [2.45, 2.75) is 0 Å². The van der Waals surface area contributed by atoms with E-state index in [9.17, 15) is 9.59 Å². The highest BCUT2D eigenvalue weighted by Gasteiger charge is 2.16. The molecule has 6 heteroatoms. The van der Waals surface area contributed by atoms with Crippen molar-refractivity contribution in [3.05, 3.63) is 46.3 Å². The number of ether oxygens (including phenoxy) is 2. The summed E-state index contributed by atoms with van der Waals surface area (Å²) in [5, 5.41) is 0.697. The highest BCUT2D eigenvalue weighted by atomic mass is 16.5. The number of fused-ring (bicyclic) bond motifs is 1. The average molecular weight is 303 g/mol. The minimum absolute atomic E-state index is 0.0688. The third-order valence-corrected chi connectivity index (χ3v) is 3.61. The quantitative estimate of drug-likeness (QED) is 0.626. The molecule has 1 aliphatic heterocycles. The Bertz CT molecular complexity index is 718. The SMILES string of the molecule is O=C(OCCN1CCOCC1)c1cc2ccccc2oc1=O. The van der Waals surface area contributed by atoms with Crippen LogP contribution in [-0.2, 0) is 9.47 Å². The van der Waals surface area contributed by atoms with Gasteiger partial charge in [-0.3, -0.25) is 4.90 Å². The number of hydrogen-bond acceptors (Lipinski definition) is 6. The first-order valence-electron chi connectivity index (χ1n) is 7.24. The number of benzene rings is 1. The van der Waals surface area contributed by atoms with Crippen LogP contribution in [0.2, 0.25) is 0 Å². The van der Waals surface area contributed by atoms with Gasteiger partial charge in [0.2, 0.25) is 0 Å². The van der Waals surface area contributed by atoms with Crippen LogP contribution in [0.5, 0.6) is 0 Å². The van der Waals surface area contributed by atoms with Crippen molar-refractivity contribution in [1.29, 1.82) is 0 Å². The van der Waals surface area contributed by atoms with Crippen LogP contribution in [0.15, 0.2) is 39.5 Å². The Balaban J connectivity index is 1.64. The summed E-state index contributed by atoms with van der Waals surface area (Å²) in [4.78, 5) is 26.0. The Morgan fingerprint density at radius 2 is 2.00 bits per heavy atom. The molecule has 1 saturated heterocycles. The molecule has 1 aromatic carbocycles. The minimum Gasteiger partial charge on any atom is -0.461 e. The molecule has 0 N–H and O–H groups in total. The van der Waals surface area contributed by atoms with Crippen molar-refractivity contribution in [3.8, 4) is 0 Å². The van der Waals surface area contributed by atoms with Gasteiger partial charge in [-0.1, -0.05) is 18.2 Å². The third kappa shape index (κ3) is 3.35. The average Bonchev–Trinajstić information content (AvgIpc) is 2.55. The second kappa shape index (κ2) is 6.72. The largest absolute Gasteiger partial charge is 0.461 e. The maximum atomic E-state index is 12.0. The minimum atomic E-state index is -0.671. The van der Waals surface area contributed by atoms with E-state index in [2.05, 4.69) is 4.90 Å². The lowest BCUT2D eigenvalue weighted by atomic mass is 10.2. The van der Waals surface area contributed by atoms with Crippen LogP contribution in [0.25, 0.3) is 11.0 Å². The van der Waals surface area contributed by atoms with Gasteiger partial charge in [0.1, 0.15) is 17.8 Å². The zero-order chi connectivity index (χ0) is 15.4. The van der Waals surface area contributed by atoms with Gasteiger partial charge in [-0.15, -0.1) is 0 Å². The molecule has 0 unspecified atom stereocenters. The smallest absolute Gasteiger partial charge is 0.351 e. The summed E-state index contributed by atoms with van der Waals surface area (Å²) in [5.74, 6) is -0.646. The molecule has 22 heavy (non-hydrogen) atoms. The van der Waals surface area contributed by atoms with Crippen LogP contribution >= 0.6 is 0 Å². The highest BCUT2D eigenvalue weighted by molar-refractivity contribution is 5.92. The van der Waals surface area contributed by atoms with Crippen LogP contribution in [-0.4, -0.2) is 50.3 Å². The van der Waals surface area contributed by atoms with E-state index in [1.165, 1.54) is 6.07 Å². The molecule has 6 nitrogen and oxygen atoms in total. The van der Waals surface area contributed by atoms with Gasteiger partial charge >= 0.3 is 11.6 Å². The van der Waals surface area contributed by atoms with E-state index >= 15 is 0 Å². The number of carbonyl (C=O) groups is 1. The first-order chi connectivity index (χ1) is 10.7. The lowest BCUT2D eigenvalue weighted by Gasteiger charge is -2.26. The molecule has 1 aliphatic rings. The van der Waals surface area contributed by atoms with Gasteiger partial charge < -0.3 is 13.9 Å². The monoisotopic (exact) mass is 303 g/mol. The van der Waals surface area contributed by atoms with E-state index in [1.54, 1.807) is 18.2 Å². The molecule has 1 aromatic heterocycles. The lowest BCUT2D eigenvalue weighted by molar-refractivity contribution is 0.0194. The molecule has 0 spiro atoms. The summed E-state index contributed by atoms with van der Waals surface area (Å²) >= 11 is 0. The van der Waals surface area contributed by atoms with Gasteiger partial charge in [-0.25, -0.2) is 9.59 Å². The lowest BCUT2D eigenvalue weighted by Crippen LogP contribution is -2.38. The molecular weight excluding hydrogens is 286 g/mol. The molecule has 116 valence electrons. The van der Waals surface area contributed by atoms with Crippen LogP contribution in [0.4, 0.5) is 0 Å². The predicted octanol–water partition coefficient (Wildman–Crippen LogP) is 1.28. The topological polar surface area (TPSA) is 69.0 Å². The molecule has 2 heterocycles. The van der Waals surface area contributed by atoms with E-state index in [4.69, 9.17) is 13.9 Å². The number of carbonyl (C=O) groups excluding carboxylic acids is 1. The number of morpholine rings is 1. The molecular formula is C16H17NO5. The van der Waals surface area contributed by atoms with Crippen LogP contribution < -0.4 is 5.63 Å². The Morgan fingerprint density at radius 3 is 2.82 bits per heavy atom. The summed E-state index contributed by atoms with van der Waals surface area (Å²) < 4.78 is 15.6. The normalized spacial score (nSPS) is 15.8. The van der Waals surface area contributed by atoms with Gasteiger partial charge in [-0.2, -0.15) is 0 Å². The number of esters is 1. The molecule has 1 fully saturated rings. The summed E-state index contributed by atoms with van der Waals surface area (Å²) in [6.45, 7) is 3.93. The predicted molar refractivity (Wildman–Crippen MR) is 80.0 cm³/mol. The molecule has 2 aromatic rings. The van der Waals surface area contributed by atoms with E-state index in [0.29, 0.717) is 30.7 Å². The summed E-state index contributed by atoms with van der Waals surface area (Å²) in [7, 11) is 0. The maximum absolute atomic E-state index is 12.0. The molecule has 0 radical (unpaired) electrons. The van der Waals surface area contributed by atoms with Crippen LogP contribution in [0.1, 0.15) is 10.4 Å². The second-order valence-corrected chi connectivity index (χ2v) is 5.08. The molecule has 0 saturated carbocycles. The van der Waals surface area contributed by atoms with Crippen molar-refractivity contribution >= 4 is 16.9 Å². The summed E-state index contributed by atoms with van der Waals surface area (Å²) in [6.07, 6.45) is 0. The number of nitrogens with zero attached hydrogens (tertiary/aromatic N) is 1. The van der Waals surface area contributed by atoms with Crippen molar-refractivity contribution in [1.82, 2.24) is 4.90 Å².